The molecular formula is C21H17N3O2S2. The Morgan fingerprint density at radius 1 is 1.14 bits per heavy atom. The second kappa shape index (κ2) is 8.00. The number of nitrogens with zero attached hydrogens (tertiary/aromatic N) is 2. The highest BCUT2D eigenvalue weighted by atomic mass is 32.2. The van der Waals surface area contributed by atoms with E-state index in [1.54, 1.807) is 29.5 Å². The summed E-state index contributed by atoms with van der Waals surface area (Å²) in [6, 6.07) is 17.3. The first-order valence-corrected chi connectivity index (χ1v) is 10.4. The first-order valence-electron chi connectivity index (χ1n) is 8.62. The van der Waals surface area contributed by atoms with Crippen molar-refractivity contribution < 1.29 is 9.90 Å². The number of anilines is 1. The van der Waals surface area contributed by atoms with Crippen molar-refractivity contribution >= 4 is 44.9 Å². The molecular weight excluding hydrogens is 390 g/mol. The normalized spacial score (nSPS) is 10.9. The molecule has 5 nitrogen and oxygen atoms in total. The van der Waals surface area contributed by atoms with Crippen LogP contribution in [0, 0.1) is 6.92 Å². The van der Waals surface area contributed by atoms with Gasteiger partial charge in [-0.2, -0.15) is 0 Å². The van der Waals surface area contributed by atoms with Crippen molar-refractivity contribution in [2.45, 2.75) is 11.9 Å². The number of hydrogen-bond acceptors (Lipinski definition) is 6. The Hall–Kier alpha value is -2.90. The summed E-state index contributed by atoms with van der Waals surface area (Å²) in [7, 11) is 0. The molecule has 0 radical (unpaired) electrons. The zero-order chi connectivity index (χ0) is 19.5. The smallest absolute Gasteiger partial charge is 0.234 e. The maximum Gasteiger partial charge on any atom is 0.234 e. The van der Waals surface area contributed by atoms with Crippen molar-refractivity contribution in [1.82, 2.24) is 9.97 Å². The molecule has 4 rings (SSSR count). The van der Waals surface area contributed by atoms with E-state index in [0.29, 0.717) is 5.69 Å². The molecule has 2 aromatic carbocycles. The Bertz CT molecular complexity index is 1140. The van der Waals surface area contributed by atoms with Crippen LogP contribution in [0.2, 0.25) is 0 Å². The Morgan fingerprint density at radius 2 is 1.96 bits per heavy atom. The van der Waals surface area contributed by atoms with Gasteiger partial charge < -0.3 is 10.4 Å². The van der Waals surface area contributed by atoms with E-state index < -0.39 is 0 Å². The molecule has 2 heterocycles. The number of nitrogens with one attached hydrogen (secondary N) is 1. The number of fused-ring (bicyclic) bond motifs is 1. The van der Waals surface area contributed by atoms with E-state index in [4.69, 9.17) is 0 Å². The number of aromatic hydroxyl groups is 1. The lowest BCUT2D eigenvalue weighted by Gasteiger charge is -2.08. The molecule has 7 heteroatoms. The lowest BCUT2D eigenvalue weighted by Crippen LogP contribution is -2.14. The predicted molar refractivity (Wildman–Crippen MR) is 115 cm³/mol. The molecule has 0 fully saturated rings. The van der Waals surface area contributed by atoms with Crippen molar-refractivity contribution in [3.8, 4) is 16.2 Å². The molecule has 0 atom stereocenters. The Kier molecular flexibility index (Phi) is 5.27. The molecule has 0 spiro atoms. The quantitative estimate of drug-likeness (QED) is 0.273. The number of carbonyl (C=O) groups excluding carboxylic acids is 1. The Labute approximate surface area is 170 Å². The molecule has 0 unspecified atom stereocenters. The maximum atomic E-state index is 12.3. The van der Waals surface area contributed by atoms with Crippen LogP contribution in [-0.2, 0) is 4.79 Å². The largest absolute Gasteiger partial charge is 0.506 e. The lowest BCUT2D eigenvalue weighted by atomic mass is 10.2. The summed E-state index contributed by atoms with van der Waals surface area (Å²) in [5.74, 6) is 0.0469. The summed E-state index contributed by atoms with van der Waals surface area (Å²) < 4.78 is 0. The van der Waals surface area contributed by atoms with Gasteiger partial charge in [-0.25, -0.2) is 9.97 Å². The first-order chi connectivity index (χ1) is 13.6. The minimum absolute atomic E-state index is 0.0544. The van der Waals surface area contributed by atoms with Crippen molar-refractivity contribution in [3.05, 3.63) is 66.5 Å². The number of phenols is 1. The fourth-order valence-electron chi connectivity index (χ4n) is 2.76. The van der Waals surface area contributed by atoms with E-state index in [2.05, 4.69) is 33.5 Å². The highest BCUT2D eigenvalue weighted by Crippen LogP contribution is 2.36. The highest BCUT2D eigenvalue weighted by Gasteiger charge is 2.13. The molecule has 0 aliphatic heterocycles. The molecule has 140 valence electrons. The number of hydrogen-bond donors (Lipinski definition) is 2. The summed E-state index contributed by atoms with van der Waals surface area (Å²) in [6.45, 7) is 1.91. The molecule has 28 heavy (non-hydrogen) atoms. The summed E-state index contributed by atoms with van der Waals surface area (Å²) in [5.41, 5.74) is 2.51. The predicted octanol–water partition coefficient (Wildman–Crippen LogP) is 5.10. The first kappa shape index (κ1) is 18.5. The average Bonchev–Trinajstić information content (AvgIpc) is 3.15. The Balaban J connectivity index is 1.51. The monoisotopic (exact) mass is 407 g/mol. The topological polar surface area (TPSA) is 75.1 Å². The third kappa shape index (κ3) is 4.00. The van der Waals surface area contributed by atoms with Gasteiger partial charge in [0.2, 0.25) is 5.91 Å². The van der Waals surface area contributed by atoms with Crippen LogP contribution in [0.1, 0.15) is 5.56 Å². The minimum atomic E-state index is -0.198. The van der Waals surface area contributed by atoms with Gasteiger partial charge in [-0.15, -0.1) is 11.3 Å². The van der Waals surface area contributed by atoms with Crippen LogP contribution in [0.5, 0.6) is 5.75 Å². The molecule has 2 aromatic heterocycles. The van der Waals surface area contributed by atoms with Crippen molar-refractivity contribution in [2.75, 3.05) is 11.1 Å². The van der Waals surface area contributed by atoms with Gasteiger partial charge in [-0.05, 0) is 36.2 Å². The number of rotatable bonds is 5. The number of benzene rings is 2. The van der Waals surface area contributed by atoms with Crippen molar-refractivity contribution in [1.29, 1.82) is 0 Å². The van der Waals surface area contributed by atoms with Crippen LogP contribution in [-0.4, -0.2) is 26.7 Å². The van der Waals surface area contributed by atoms with Crippen molar-refractivity contribution in [2.24, 2.45) is 0 Å². The highest BCUT2D eigenvalue weighted by molar-refractivity contribution is 8.00. The number of thiophene rings is 1. The molecule has 0 aliphatic rings. The van der Waals surface area contributed by atoms with Crippen LogP contribution >= 0.6 is 23.1 Å². The van der Waals surface area contributed by atoms with Gasteiger partial charge in [-0.1, -0.05) is 48.2 Å². The van der Waals surface area contributed by atoms with E-state index in [-0.39, 0.29) is 17.4 Å². The van der Waals surface area contributed by atoms with E-state index >= 15 is 0 Å². The number of carbonyl (C=O) groups is 1. The SMILES string of the molecule is Cc1ccc(O)c(NC(=O)CSc2ncnc3sc(-c4ccccc4)cc23)c1. The van der Waals surface area contributed by atoms with Gasteiger partial charge in [0, 0.05) is 10.3 Å². The van der Waals surface area contributed by atoms with E-state index in [0.717, 1.165) is 31.2 Å². The van der Waals surface area contributed by atoms with Crippen LogP contribution < -0.4 is 5.32 Å². The van der Waals surface area contributed by atoms with Crippen LogP contribution in [0.25, 0.3) is 20.7 Å². The molecule has 0 saturated heterocycles. The van der Waals surface area contributed by atoms with Crippen LogP contribution in [0.15, 0.2) is 66.0 Å². The third-order valence-electron chi connectivity index (χ3n) is 4.12. The standard InChI is InChI=1S/C21H17N3O2S2/c1-13-7-8-17(25)16(9-13)24-19(26)11-27-20-15-10-18(14-5-3-2-4-6-14)28-21(15)23-12-22-20/h2-10,12,25H,11H2,1H3,(H,24,26). The summed E-state index contributed by atoms with van der Waals surface area (Å²) in [4.78, 5) is 23.1. The number of thioether (sulfide) groups is 1. The molecule has 1 amide bonds. The van der Waals surface area contributed by atoms with E-state index in [1.807, 2.05) is 25.1 Å². The van der Waals surface area contributed by atoms with Gasteiger partial charge >= 0.3 is 0 Å². The summed E-state index contributed by atoms with van der Waals surface area (Å²) in [5, 5.41) is 14.3. The zero-order valence-corrected chi connectivity index (χ0v) is 16.7. The third-order valence-corrected chi connectivity index (χ3v) is 6.21. The second-order valence-corrected chi connectivity index (χ2v) is 8.23. The van der Waals surface area contributed by atoms with Gasteiger partial charge in [-0.3, -0.25) is 4.79 Å². The zero-order valence-electron chi connectivity index (χ0n) is 15.0. The average molecular weight is 408 g/mol. The number of amides is 1. The lowest BCUT2D eigenvalue weighted by molar-refractivity contribution is -0.113. The van der Waals surface area contributed by atoms with Crippen molar-refractivity contribution in [3.63, 3.8) is 0 Å². The fraction of sp³-hybridized carbons (Fsp3) is 0.0952. The number of aromatic nitrogens is 2. The number of phenolic OH excluding ortho intramolecular Hbond substituents is 1. The van der Waals surface area contributed by atoms with Gasteiger partial charge in [0.1, 0.15) is 21.9 Å². The summed E-state index contributed by atoms with van der Waals surface area (Å²) in [6.07, 6.45) is 1.53. The van der Waals surface area contributed by atoms with Gasteiger partial charge in [0.05, 0.1) is 11.4 Å². The molecule has 0 aliphatic carbocycles. The Morgan fingerprint density at radius 3 is 2.79 bits per heavy atom. The van der Waals surface area contributed by atoms with E-state index in [9.17, 15) is 9.90 Å². The molecule has 0 bridgehead atoms. The number of aryl methyl sites for hydroxylation is 1. The van der Waals surface area contributed by atoms with E-state index in [1.165, 1.54) is 18.1 Å². The second-order valence-electron chi connectivity index (χ2n) is 6.23. The minimum Gasteiger partial charge on any atom is -0.506 e. The van der Waals surface area contributed by atoms with Crippen LogP contribution in [0.3, 0.4) is 0 Å². The summed E-state index contributed by atoms with van der Waals surface area (Å²) >= 11 is 2.96. The molecule has 4 aromatic rings. The molecule has 0 saturated carbocycles. The van der Waals surface area contributed by atoms with Crippen LogP contribution in [0.4, 0.5) is 5.69 Å². The maximum absolute atomic E-state index is 12.3. The molecule has 2 N–H and O–H groups in total. The van der Waals surface area contributed by atoms with Gasteiger partial charge in [0.25, 0.3) is 0 Å². The fourth-order valence-corrected chi connectivity index (χ4v) is 4.61. The van der Waals surface area contributed by atoms with Gasteiger partial charge in [0.15, 0.2) is 0 Å².